The number of aromatic nitrogens is 4. The van der Waals surface area contributed by atoms with Crippen LogP contribution in [0.3, 0.4) is 0 Å². The SMILES string of the molecule is CCCCCCOc1cc(-c2c3nc(c(-c4cc(OCCCCCC)c(OCCCCCC)c(OCCCCCC)c4)c4ccc([nH]4)c(-c4cc(OCCCCCC)c(OCCCCCC)c(OCCCCCC)c4)c4nc(c(-c5ccc(OCCCCCCO)cc5)c5ccc2[nH]5)C=C4)C=C3)cc(OCCCCCC)c1OCCCCCC. The van der Waals surface area contributed by atoms with Crippen LogP contribution in [0.25, 0.3) is 90.9 Å². The molecule has 0 amide bonds. The van der Waals surface area contributed by atoms with Crippen molar-refractivity contribution in [3.63, 3.8) is 0 Å². The molecule has 2 aliphatic rings. The maximum Gasteiger partial charge on any atom is 0.203 e. The zero-order valence-electron chi connectivity index (χ0n) is 74.9. The van der Waals surface area contributed by atoms with Gasteiger partial charge >= 0.3 is 0 Å². The van der Waals surface area contributed by atoms with Gasteiger partial charge in [0.15, 0.2) is 34.5 Å². The van der Waals surface area contributed by atoms with E-state index in [-0.39, 0.29) is 6.61 Å². The normalized spacial score (nSPS) is 11.7. The van der Waals surface area contributed by atoms with Gasteiger partial charge in [0.05, 0.1) is 88.8 Å². The summed E-state index contributed by atoms with van der Waals surface area (Å²) in [6.07, 6.45) is 50.5. The molecule has 2 aliphatic heterocycles. The van der Waals surface area contributed by atoms with Crippen molar-refractivity contribution in [3.05, 3.63) is 108 Å². The molecular weight excluding hydrogens is 1480 g/mol. The van der Waals surface area contributed by atoms with E-state index in [0.717, 1.165) is 352 Å². The number of rotatable bonds is 65. The average Bonchev–Trinajstić information content (AvgIpc) is 1.44. The first-order valence-corrected chi connectivity index (χ1v) is 47.4. The van der Waals surface area contributed by atoms with Gasteiger partial charge < -0.3 is 62.4 Å². The Morgan fingerprint density at radius 2 is 0.437 bits per heavy atom. The molecule has 5 heterocycles. The summed E-state index contributed by atoms with van der Waals surface area (Å²) in [6, 6.07) is 30.3. The van der Waals surface area contributed by atoms with Crippen molar-refractivity contribution in [2.45, 2.75) is 319 Å². The molecule has 15 nitrogen and oxygen atoms in total. The Bertz CT molecular complexity index is 4090. The summed E-state index contributed by atoms with van der Waals surface area (Å²) in [5.74, 6) is 6.63. The number of aromatic amines is 2. The molecule has 0 spiro atoms. The van der Waals surface area contributed by atoms with Crippen LogP contribution in [0.2, 0.25) is 0 Å². The summed E-state index contributed by atoms with van der Waals surface area (Å²) in [7, 11) is 0. The highest BCUT2D eigenvalue weighted by Crippen LogP contribution is 2.50. The van der Waals surface area contributed by atoms with E-state index in [2.05, 4.69) is 182 Å². The molecule has 3 aromatic heterocycles. The highest BCUT2D eigenvalue weighted by molar-refractivity contribution is 6.01. The first-order chi connectivity index (χ1) is 58.7. The number of H-pyrrole nitrogens is 2. The predicted molar refractivity (Wildman–Crippen MR) is 498 cm³/mol. The van der Waals surface area contributed by atoms with Crippen LogP contribution in [0.5, 0.6) is 57.5 Å². The molecule has 652 valence electrons. The minimum atomic E-state index is 0.205. The van der Waals surface area contributed by atoms with E-state index in [9.17, 15) is 5.11 Å². The number of hydrogen-bond donors (Lipinski definition) is 3. The highest BCUT2D eigenvalue weighted by Gasteiger charge is 2.27. The number of benzene rings is 4. The monoisotopic (exact) mass is 1630 g/mol. The first-order valence-electron chi connectivity index (χ1n) is 47.4. The van der Waals surface area contributed by atoms with Gasteiger partial charge in [-0.25, -0.2) is 9.97 Å². The fraction of sp³-hybridized carbons (Fsp3) is 0.577. The molecule has 0 aliphatic carbocycles. The Balaban J connectivity index is 1.43. The van der Waals surface area contributed by atoms with E-state index in [4.69, 9.17) is 57.3 Å². The maximum absolute atomic E-state index is 9.50. The fourth-order valence-electron chi connectivity index (χ4n) is 15.5. The third-order valence-electron chi connectivity index (χ3n) is 22.4. The number of aliphatic hydroxyl groups is 1. The van der Waals surface area contributed by atoms with Gasteiger partial charge in [-0.15, -0.1) is 0 Å². The van der Waals surface area contributed by atoms with E-state index in [1.165, 1.54) is 0 Å². The Morgan fingerprint density at radius 3 is 0.672 bits per heavy atom. The molecule has 0 unspecified atom stereocenters. The van der Waals surface area contributed by atoms with E-state index >= 15 is 0 Å². The van der Waals surface area contributed by atoms with Crippen molar-refractivity contribution in [2.24, 2.45) is 0 Å². The van der Waals surface area contributed by atoms with E-state index < -0.39 is 0 Å². The molecular formula is C104H150N4O11. The van der Waals surface area contributed by atoms with Crippen LogP contribution >= 0.6 is 0 Å². The third kappa shape index (κ3) is 30.2. The fourth-order valence-corrected chi connectivity index (χ4v) is 15.5. The number of aliphatic hydroxyl groups excluding tert-OH is 1. The van der Waals surface area contributed by atoms with Crippen LogP contribution in [0.1, 0.15) is 342 Å². The van der Waals surface area contributed by atoms with Crippen LogP contribution in [-0.4, -0.2) is 97.7 Å². The topological polar surface area (TPSA) is 170 Å². The van der Waals surface area contributed by atoms with Gasteiger partial charge in [-0.1, -0.05) is 254 Å². The van der Waals surface area contributed by atoms with Crippen LogP contribution in [0.15, 0.2) is 84.9 Å². The minimum absolute atomic E-state index is 0.205. The van der Waals surface area contributed by atoms with Crippen molar-refractivity contribution in [1.82, 2.24) is 19.9 Å². The molecule has 0 fully saturated rings. The molecule has 0 saturated carbocycles. The van der Waals surface area contributed by atoms with Gasteiger partial charge in [0.25, 0.3) is 0 Å². The van der Waals surface area contributed by atoms with Crippen molar-refractivity contribution in [1.29, 1.82) is 0 Å². The van der Waals surface area contributed by atoms with Crippen LogP contribution in [-0.2, 0) is 0 Å². The summed E-state index contributed by atoms with van der Waals surface area (Å²) in [4.78, 5) is 20.1. The Hall–Kier alpha value is -8.56. The Kier molecular flexibility index (Phi) is 43.9. The number of hydrogen-bond acceptors (Lipinski definition) is 13. The summed E-state index contributed by atoms with van der Waals surface area (Å²) in [6.45, 7) is 25.8. The maximum atomic E-state index is 9.50. The van der Waals surface area contributed by atoms with Gasteiger partial charge in [0.2, 0.25) is 17.2 Å². The minimum Gasteiger partial charge on any atom is -0.494 e. The van der Waals surface area contributed by atoms with E-state index in [1.807, 2.05) is 0 Å². The van der Waals surface area contributed by atoms with Crippen molar-refractivity contribution < 1.29 is 52.5 Å². The molecule has 0 saturated heterocycles. The average molecular weight is 1630 g/mol. The summed E-state index contributed by atoms with van der Waals surface area (Å²) < 4.78 is 69.7. The number of nitrogens with one attached hydrogen (secondary N) is 2. The number of nitrogens with zero attached hydrogens (tertiary/aromatic N) is 2. The standard InChI is InChI=1S/C104H150N4O11/c1-10-19-28-40-64-111-92-73-80(74-93(112-65-41-29-20-11-2)102(92)117-70-46-34-25-16-7)99-86-56-54-84(105-86)98(79-50-52-83(53-51-79)110-63-49-38-37-39-62-109)85-55-57-87(106-85)100(81-75-94(113-66-42-30-21-12-3)103(118-71-47-35-26-17-8)95(76-81)114-67-43-31-22-13-4)89-59-61-91(108-89)101(90-60-58-88(99)107-90)82-77-96(115-68-44-32-23-14-5)104(119-72-48-36-27-18-9)97(78-82)116-69-45-33-24-15-6/h50-61,73-78,105,108-109H,10-49,62-72H2,1-9H3. The summed E-state index contributed by atoms with van der Waals surface area (Å²) in [5.41, 5.74) is 13.4. The number of ether oxygens (including phenoxy) is 10. The molecule has 119 heavy (non-hydrogen) atoms. The van der Waals surface area contributed by atoms with Gasteiger partial charge in [0, 0.05) is 50.9 Å². The first kappa shape index (κ1) is 94.3. The van der Waals surface area contributed by atoms with E-state index in [0.29, 0.717) is 118 Å². The van der Waals surface area contributed by atoms with E-state index in [1.54, 1.807) is 0 Å². The summed E-state index contributed by atoms with van der Waals surface area (Å²) in [5, 5.41) is 9.50. The van der Waals surface area contributed by atoms with Crippen LogP contribution < -0.4 is 47.4 Å². The third-order valence-corrected chi connectivity index (χ3v) is 22.4. The lowest BCUT2D eigenvalue weighted by atomic mass is 10.0. The second-order valence-corrected chi connectivity index (χ2v) is 32.6. The highest BCUT2D eigenvalue weighted by atomic mass is 16.6. The molecule has 7 aromatic rings. The van der Waals surface area contributed by atoms with Gasteiger partial charge in [0.1, 0.15) is 5.75 Å². The number of fused-ring (bicyclic) bond motifs is 8. The number of unbranched alkanes of at least 4 members (excludes halogenated alkanes) is 30. The van der Waals surface area contributed by atoms with Crippen molar-refractivity contribution in [3.8, 4) is 102 Å². The van der Waals surface area contributed by atoms with Gasteiger partial charge in [-0.3, -0.25) is 0 Å². The lowest BCUT2D eigenvalue weighted by Crippen LogP contribution is -2.07. The van der Waals surface area contributed by atoms with Gasteiger partial charge in [-0.05, 0) is 196 Å². The molecule has 8 bridgehead atoms. The second-order valence-electron chi connectivity index (χ2n) is 32.6. The molecule has 4 aromatic carbocycles. The molecule has 15 heteroatoms. The second kappa shape index (κ2) is 55.4. The Labute approximate surface area is 716 Å². The Morgan fingerprint density at radius 1 is 0.227 bits per heavy atom. The van der Waals surface area contributed by atoms with Crippen LogP contribution in [0.4, 0.5) is 0 Å². The largest absolute Gasteiger partial charge is 0.494 e. The van der Waals surface area contributed by atoms with Crippen molar-refractivity contribution >= 4 is 46.4 Å². The lowest BCUT2D eigenvalue weighted by Gasteiger charge is -2.20. The zero-order chi connectivity index (χ0) is 83.7. The predicted octanol–water partition coefficient (Wildman–Crippen LogP) is 29.9. The smallest absolute Gasteiger partial charge is 0.203 e. The zero-order valence-corrected chi connectivity index (χ0v) is 74.9. The molecule has 3 N–H and O–H groups in total. The summed E-state index contributed by atoms with van der Waals surface area (Å²) >= 11 is 0. The molecule has 9 rings (SSSR count). The molecule has 0 radical (unpaired) electrons. The van der Waals surface area contributed by atoms with Crippen molar-refractivity contribution in [2.75, 3.05) is 72.7 Å². The quantitative estimate of drug-likeness (QED) is 0.0308. The van der Waals surface area contributed by atoms with Crippen LogP contribution in [0, 0.1) is 0 Å². The molecule has 0 atom stereocenters. The lowest BCUT2D eigenvalue weighted by molar-refractivity contribution is 0.234. The van der Waals surface area contributed by atoms with Gasteiger partial charge in [-0.2, -0.15) is 0 Å².